The lowest BCUT2D eigenvalue weighted by atomic mass is 9.39. The third-order valence-corrected chi connectivity index (χ3v) is 12.3. The summed E-state index contributed by atoms with van der Waals surface area (Å²) in [5.74, 6) is -3.06. The molecule has 0 amide bonds. The summed E-state index contributed by atoms with van der Waals surface area (Å²) in [5, 5.41) is 0. The van der Waals surface area contributed by atoms with Gasteiger partial charge in [0.2, 0.25) is 0 Å². The van der Waals surface area contributed by atoms with E-state index in [0.29, 0.717) is 12.0 Å². The van der Waals surface area contributed by atoms with Crippen molar-refractivity contribution in [2.75, 3.05) is 20.8 Å². The zero-order chi connectivity index (χ0) is 35.3. The number of rotatable bonds is 9. The molecule has 264 valence electrons. The first-order valence-electron chi connectivity index (χ1n) is 16.7. The van der Waals surface area contributed by atoms with E-state index in [4.69, 9.17) is 32.8 Å². The molecule has 3 aliphatic carbocycles. The summed E-state index contributed by atoms with van der Waals surface area (Å²) in [7, 11) is 3.00. The highest BCUT2D eigenvalue weighted by molar-refractivity contribution is 5.88. The Morgan fingerprint density at radius 1 is 0.979 bits per heavy atom. The Hall–Kier alpha value is -3.44. The molecular weight excluding hydrogens is 620 g/mol. The van der Waals surface area contributed by atoms with E-state index in [2.05, 4.69) is 6.92 Å². The van der Waals surface area contributed by atoms with Crippen LogP contribution in [0.3, 0.4) is 0 Å². The molecule has 5 rings (SSSR count). The smallest absolute Gasteiger partial charge is 0.333 e. The lowest BCUT2D eigenvalue weighted by Crippen LogP contribution is -2.72. The Kier molecular flexibility index (Phi) is 9.80. The normalized spacial score (nSPS) is 39.1. The van der Waals surface area contributed by atoms with Crippen molar-refractivity contribution < 1.29 is 52.0 Å². The summed E-state index contributed by atoms with van der Waals surface area (Å²) in [5.41, 5.74) is 0.531. The van der Waals surface area contributed by atoms with Crippen molar-refractivity contribution in [1.29, 1.82) is 0 Å². The Morgan fingerprint density at radius 3 is 2.21 bits per heavy atom. The van der Waals surface area contributed by atoms with Gasteiger partial charge >= 0.3 is 23.9 Å². The number of esters is 4. The van der Waals surface area contributed by atoms with Crippen molar-refractivity contribution in [3.8, 4) is 0 Å². The molecule has 0 aromatic carbocycles. The highest BCUT2D eigenvalue weighted by atomic mass is 16.6. The Bertz CT molecular complexity index is 1490. The molecule has 0 radical (unpaired) electrons. The Labute approximate surface area is 282 Å². The van der Waals surface area contributed by atoms with E-state index in [-0.39, 0.29) is 25.4 Å². The van der Waals surface area contributed by atoms with Crippen LogP contribution in [0.1, 0.15) is 86.1 Å². The van der Waals surface area contributed by atoms with Crippen molar-refractivity contribution in [2.24, 2.45) is 28.1 Å². The van der Waals surface area contributed by atoms with Crippen molar-refractivity contribution in [2.45, 2.75) is 111 Å². The molecule has 4 aliphatic rings. The first-order valence-corrected chi connectivity index (χ1v) is 16.7. The van der Waals surface area contributed by atoms with Gasteiger partial charge in [-0.2, -0.15) is 0 Å². The van der Waals surface area contributed by atoms with Crippen molar-refractivity contribution in [3.05, 3.63) is 47.0 Å². The van der Waals surface area contributed by atoms with Crippen LogP contribution in [0.25, 0.3) is 0 Å². The third kappa shape index (κ3) is 5.50. The maximum absolute atomic E-state index is 13.8. The van der Waals surface area contributed by atoms with Gasteiger partial charge in [-0.15, -0.1) is 0 Å². The van der Waals surface area contributed by atoms with Crippen LogP contribution in [0, 0.1) is 28.1 Å². The standard InChI is InChI=1S/C37H50O11/c1-11-19(2)34(41)48-33-31-32-35(6,18-45-31)27(46-21(4)38)16-28(47-22(5)39)36(32,7)26(15-29(40)43-10)37(33,8)30-20(3)24(14-25(30)42-9)23-12-13-44-17-23/h11-13,17,24-28,31-33H,14-16,18H2,1-10H3/b19-11+/t24-,25-,26-,27-,28+,31-,32+,33-,35-,36+,37-/m1/s1. The molecule has 3 fully saturated rings. The van der Waals surface area contributed by atoms with Gasteiger partial charge in [0.05, 0.1) is 38.5 Å². The number of allylic oxidation sites excluding steroid dienone is 2. The van der Waals surface area contributed by atoms with Gasteiger partial charge in [0.1, 0.15) is 18.3 Å². The molecule has 0 bridgehead atoms. The number of methoxy groups -OCH3 is 2. The topological polar surface area (TPSA) is 137 Å². The van der Waals surface area contributed by atoms with Crippen molar-refractivity contribution in [3.63, 3.8) is 0 Å². The lowest BCUT2D eigenvalue weighted by Gasteiger charge is -2.66. The van der Waals surface area contributed by atoms with Gasteiger partial charge in [-0.1, -0.05) is 32.4 Å². The zero-order valence-corrected chi connectivity index (χ0v) is 29.7. The molecule has 2 saturated carbocycles. The van der Waals surface area contributed by atoms with Gasteiger partial charge in [-0.3, -0.25) is 14.4 Å². The third-order valence-electron chi connectivity index (χ3n) is 12.3. The molecule has 1 aromatic rings. The number of hydrogen-bond donors (Lipinski definition) is 0. The minimum absolute atomic E-state index is 0.0582. The van der Waals surface area contributed by atoms with E-state index in [0.717, 1.165) is 16.7 Å². The molecule has 1 aliphatic heterocycles. The van der Waals surface area contributed by atoms with Crippen LogP contribution in [0.5, 0.6) is 0 Å². The SMILES string of the molecule is C/C=C(\C)C(=O)O[C@@H]1[C@@H]2OC[C@]3(C)[C@H](OC(C)=O)C[C@H](OC(C)=O)[C@@](C)([C@@H]23)[C@@H](CC(=O)OC)[C@]1(C)C1=C(C)[C@H](c2ccoc2)C[C@H]1OC. The van der Waals surface area contributed by atoms with E-state index in [9.17, 15) is 19.2 Å². The number of ether oxygens (including phenoxy) is 6. The van der Waals surface area contributed by atoms with Crippen LogP contribution in [-0.2, 0) is 47.6 Å². The van der Waals surface area contributed by atoms with E-state index < -0.39 is 82.5 Å². The first-order chi connectivity index (χ1) is 22.6. The fraction of sp³-hybridized carbons (Fsp3) is 0.676. The van der Waals surface area contributed by atoms with Crippen LogP contribution in [0.2, 0.25) is 0 Å². The van der Waals surface area contributed by atoms with E-state index in [1.165, 1.54) is 21.0 Å². The quantitative estimate of drug-likeness (QED) is 0.143. The summed E-state index contributed by atoms with van der Waals surface area (Å²) < 4.78 is 42.5. The number of furan rings is 1. The second-order valence-electron chi connectivity index (χ2n) is 14.6. The molecule has 0 N–H and O–H groups in total. The number of carbonyl (C=O) groups is 4. The molecule has 2 heterocycles. The molecule has 48 heavy (non-hydrogen) atoms. The molecule has 11 heteroatoms. The first kappa shape index (κ1) is 35.9. The summed E-state index contributed by atoms with van der Waals surface area (Å²) >= 11 is 0. The van der Waals surface area contributed by atoms with Gasteiger partial charge in [-0.05, 0) is 50.3 Å². The second kappa shape index (κ2) is 13.1. The predicted molar refractivity (Wildman–Crippen MR) is 172 cm³/mol. The molecule has 1 saturated heterocycles. The fourth-order valence-corrected chi connectivity index (χ4v) is 10.1. The Balaban J connectivity index is 1.83. The average molecular weight is 671 g/mol. The zero-order valence-electron chi connectivity index (χ0n) is 29.7. The molecule has 1 aromatic heterocycles. The van der Waals surface area contributed by atoms with Crippen LogP contribution in [0.15, 0.2) is 45.8 Å². The summed E-state index contributed by atoms with van der Waals surface area (Å²) in [6.07, 6.45) is 2.33. The van der Waals surface area contributed by atoms with Gasteiger partial charge in [-0.25, -0.2) is 4.79 Å². The predicted octanol–water partition coefficient (Wildman–Crippen LogP) is 5.47. The van der Waals surface area contributed by atoms with Gasteiger partial charge in [0, 0.05) is 67.5 Å². The monoisotopic (exact) mass is 670 g/mol. The molecule has 0 spiro atoms. The summed E-state index contributed by atoms with van der Waals surface area (Å²) in [6.45, 7) is 14.5. The maximum atomic E-state index is 13.8. The summed E-state index contributed by atoms with van der Waals surface area (Å²) in [6, 6.07) is 1.93. The fourth-order valence-electron chi connectivity index (χ4n) is 10.1. The minimum atomic E-state index is -1.09. The molecule has 11 atom stereocenters. The Morgan fingerprint density at radius 2 is 1.65 bits per heavy atom. The highest BCUT2D eigenvalue weighted by Gasteiger charge is 2.77. The minimum Gasteiger partial charge on any atom is -0.472 e. The second-order valence-corrected chi connectivity index (χ2v) is 14.6. The van der Waals surface area contributed by atoms with E-state index in [1.807, 2.05) is 26.8 Å². The van der Waals surface area contributed by atoms with Gasteiger partial charge in [0.25, 0.3) is 0 Å². The number of hydrogen-bond acceptors (Lipinski definition) is 11. The largest absolute Gasteiger partial charge is 0.472 e. The molecular formula is C37H50O11. The van der Waals surface area contributed by atoms with E-state index >= 15 is 0 Å². The van der Waals surface area contributed by atoms with Gasteiger partial charge < -0.3 is 32.8 Å². The van der Waals surface area contributed by atoms with Crippen LogP contribution in [-0.4, -0.2) is 75.2 Å². The maximum Gasteiger partial charge on any atom is 0.333 e. The molecule has 0 unspecified atom stereocenters. The lowest BCUT2D eigenvalue weighted by molar-refractivity contribution is -0.260. The number of carbonyl (C=O) groups excluding carboxylic acids is 4. The van der Waals surface area contributed by atoms with Crippen LogP contribution in [0.4, 0.5) is 0 Å². The highest BCUT2D eigenvalue weighted by Crippen LogP contribution is 2.72. The van der Waals surface area contributed by atoms with Crippen LogP contribution < -0.4 is 0 Å². The summed E-state index contributed by atoms with van der Waals surface area (Å²) in [4.78, 5) is 52.6. The van der Waals surface area contributed by atoms with Gasteiger partial charge in [0.15, 0.2) is 0 Å². The molecule has 11 nitrogen and oxygen atoms in total. The van der Waals surface area contributed by atoms with Crippen molar-refractivity contribution in [1.82, 2.24) is 0 Å². The van der Waals surface area contributed by atoms with Crippen LogP contribution >= 0.6 is 0 Å². The van der Waals surface area contributed by atoms with E-state index in [1.54, 1.807) is 39.6 Å². The van der Waals surface area contributed by atoms with Crippen molar-refractivity contribution >= 4 is 23.9 Å². The average Bonchev–Trinajstić information content (AvgIpc) is 3.77.